The number of hydrogen-bond donors (Lipinski definition) is 0. The number of imide groups is 1. The van der Waals surface area contributed by atoms with E-state index >= 15 is 0 Å². The normalized spacial score (nSPS) is 28.2. The smallest absolute Gasteiger partial charge is 0.239 e. The molecular formula is C22H17Cl2FN2O3. The molecule has 0 aliphatic carbocycles. The van der Waals surface area contributed by atoms with E-state index in [1.807, 2.05) is 4.90 Å². The summed E-state index contributed by atoms with van der Waals surface area (Å²) in [5.74, 6) is -2.86. The molecule has 5 nitrogen and oxygen atoms in total. The number of rotatable bonds is 3. The second-order valence-electron chi connectivity index (χ2n) is 7.92. The van der Waals surface area contributed by atoms with Crippen LogP contribution in [0.3, 0.4) is 0 Å². The van der Waals surface area contributed by atoms with Crippen molar-refractivity contribution in [3.8, 4) is 0 Å². The fourth-order valence-electron chi connectivity index (χ4n) is 5.21. The van der Waals surface area contributed by atoms with E-state index in [2.05, 4.69) is 0 Å². The summed E-state index contributed by atoms with van der Waals surface area (Å²) >= 11 is 12.2. The number of halogens is 3. The lowest BCUT2D eigenvalue weighted by Crippen LogP contribution is -2.46. The second kappa shape index (κ2) is 7.15. The van der Waals surface area contributed by atoms with Crippen LogP contribution < -0.4 is 4.90 Å². The number of Topliss-reactive ketones (excluding diaryl/α,β-unsaturated/α-hetero) is 1. The number of amides is 2. The molecule has 5 rings (SSSR count). The molecule has 4 atom stereocenters. The van der Waals surface area contributed by atoms with E-state index in [1.165, 1.54) is 30.3 Å². The summed E-state index contributed by atoms with van der Waals surface area (Å²) < 4.78 is 13.3. The van der Waals surface area contributed by atoms with Gasteiger partial charge in [-0.25, -0.2) is 9.29 Å². The van der Waals surface area contributed by atoms with E-state index in [0.29, 0.717) is 17.3 Å². The van der Waals surface area contributed by atoms with Gasteiger partial charge in [0.25, 0.3) is 0 Å². The van der Waals surface area contributed by atoms with Crippen molar-refractivity contribution in [2.45, 2.75) is 24.9 Å². The Kier molecular flexibility index (Phi) is 4.69. The van der Waals surface area contributed by atoms with E-state index in [0.717, 1.165) is 17.7 Å². The summed E-state index contributed by atoms with van der Waals surface area (Å²) in [6, 6.07) is 8.95. The molecule has 3 fully saturated rings. The van der Waals surface area contributed by atoms with Gasteiger partial charge in [0, 0.05) is 16.6 Å². The molecule has 0 aromatic heterocycles. The van der Waals surface area contributed by atoms with Gasteiger partial charge in [0.15, 0.2) is 5.78 Å². The number of anilines is 1. The molecule has 2 amide bonds. The molecule has 0 N–H and O–H groups in total. The fourth-order valence-corrected chi connectivity index (χ4v) is 5.71. The summed E-state index contributed by atoms with van der Waals surface area (Å²) in [6.45, 7) is 0.649. The highest BCUT2D eigenvalue weighted by atomic mass is 35.5. The zero-order valence-corrected chi connectivity index (χ0v) is 17.2. The van der Waals surface area contributed by atoms with E-state index in [4.69, 9.17) is 23.2 Å². The van der Waals surface area contributed by atoms with Gasteiger partial charge in [-0.3, -0.25) is 19.3 Å². The lowest BCUT2D eigenvalue weighted by Gasteiger charge is -2.27. The number of ketones is 1. The molecule has 154 valence electrons. The van der Waals surface area contributed by atoms with E-state index in [-0.39, 0.29) is 28.3 Å². The molecular weight excluding hydrogens is 430 g/mol. The Morgan fingerprint density at radius 1 is 1.00 bits per heavy atom. The maximum atomic E-state index is 13.5. The van der Waals surface area contributed by atoms with Crippen molar-refractivity contribution >= 4 is 46.5 Å². The molecule has 3 aliphatic rings. The monoisotopic (exact) mass is 446 g/mol. The van der Waals surface area contributed by atoms with Crippen molar-refractivity contribution < 1.29 is 18.8 Å². The van der Waals surface area contributed by atoms with Gasteiger partial charge >= 0.3 is 0 Å². The zero-order chi connectivity index (χ0) is 21.2. The Morgan fingerprint density at radius 3 is 2.40 bits per heavy atom. The minimum absolute atomic E-state index is 0.170. The highest BCUT2D eigenvalue weighted by molar-refractivity contribution is 6.37. The second-order valence-corrected chi connectivity index (χ2v) is 8.76. The van der Waals surface area contributed by atoms with Gasteiger partial charge in [-0.05, 0) is 61.9 Å². The summed E-state index contributed by atoms with van der Waals surface area (Å²) in [7, 11) is 0. The maximum absolute atomic E-state index is 13.5. The van der Waals surface area contributed by atoms with Gasteiger partial charge in [-0.2, -0.15) is 0 Å². The largest absolute Gasteiger partial charge is 0.292 e. The summed E-state index contributed by atoms with van der Waals surface area (Å²) in [5.41, 5.74) is 0.610. The first-order valence-corrected chi connectivity index (χ1v) is 10.5. The minimum atomic E-state index is -0.785. The average Bonchev–Trinajstić information content (AvgIpc) is 3.35. The van der Waals surface area contributed by atoms with Crippen molar-refractivity contribution in [1.29, 1.82) is 0 Å². The Bertz CT molecular complexity index is 1070. The molecule has 8 heteroatoms. The molecule has 2 aromatic rings. The van der Waals surface area contributed by atoms with Crippen LogP contribution in [0.1, 0.15) is 23.2 Å². The zero-order valence-electron chi connectivity index (χ0n) is 15.7. The summed E-state index contributed by atoms with van der Waals surface area (Å²) in [6.07, 6.45) is 1.60. The van der Waals surface area contributed by atoms with Crippen molar-refractivity contribution in [3.63, 3.8) is 0 Å². The molecule has 4 unspecified atom stereocenters. The van der Waals surface area contributed by atoms with Crippen molar-refractivity contribution in [2.24, 2.45) is 11.8 Å². The van der Waals surface area contributed by atoms with Crippen LogP contribution in [0.5, 0.6) is 0 Å². The third-order valence-electron chi connectivity index (χ3n) is 6.40. The third-order valence-corrected chi connectivity index (χ3v) is 6.95. The van der Waals surface area contributed by atoms with Crippen molar-refractivity contribution in [3.05, 3.63) is 63.9 Å². The van der Waals surface area contributed by atoms with Crippen LogP contribution in [0.15, 0.2) is 42.5 Å². The Hall–Kier alpha value is -2.28. The minimum Gasteiger partial charge on any atom is -0.292 e. The molecule has 0 saturated carbocycles. The topological polar surface area (TPSA) is 57.7 Å². The third kappa shape index (κ3) is 2.82. The number of carbonyl (C=O) groups is 3. The predicted molar refractivity (Wildman–Crippen MR) is 110 cm³/mol. The lowest BCUT2D eigenvalue weighted by atomic mass is 9.85. The lowest BCUT2D eigenvalue weighted by molar-refractivity contribution is -0.123. The van der Waals surface area contributed by atoms with Gasteiger partial charge in [0.05, 0.1) is 28.6 Å². The van der Waals surface area contributed by atoms with Gasteiger partial charge < -0.3 is 0 Å². The van der Waals surface area contributed by atoms with Crippen molar-refractivity contribution in [1.82, 2.24) is 4.90 Å². The van der Waals surface area contributed by atoms with Crippen LogP contribution >= 0.6 is 23.2 Å². The van der Waals surface area contributed by atoms with Gasteiger partial charge in [0.2, 0.25) is 11.8 Å². The molecule has 3 heterocycles. The fraction of sp³-hybridized carbons (Fsp3) is 0.318. The molecule has 3 aliphatic heterocycles. The number of hydrogen-bond acceptors (Lipinski definition) is 4. The number of carbonyl (C=O) groups excluding carboxylic acids is 3. The molecule has 3 saturated heterocycles. The first-order chi connectivity index (χ1) is 14.4. The average molecular weight is 447 g/mol. The molecule has 2 aromatic carbocycles. The van der Waals surface area contributed by atoms with Gasteiger partial charge in [0.1, 0.15) is 5.82 Å². The number of nitrogens with zero attached hydrogens (tertiary/aromatic N) is 2. The molecule has 0 spiro atoms. The Morgan fingerprint density at radius 2 is 1.70 bits per heavy atom. The van der Waals surface area contributed by atoms with Crippen LogP contribution in [0, 0.1) is 17.7 Å². The SMILES string of the molecule is O=C(c1ccc(Cl)cc1Cl)C1C2C(=O)N(c3ccc(F)cc3)C(=O)C2C2CCCN21. The Labute approximate surface area is 182 Å². The van der Waals surface area contributed by atoms with E-state index in [9.17, 15) is 18.8 Å². The quantitative estimate of drug-likeness (QED) is 0.528. The number of benzene rings is 2. The Balaban J connectivity index is 1.56. The van der Waals surface area contributed by atoms with E-state index in [1.54, 1.807) is 12.1 Å². The first kappa shape index (κ1) is 19.7. The summed E-state index contributed by atoms with van der Waals surface area (Å²) in [4.78, 5) is 43.2. The summed E-state index contributed by atoms with van der Waals surface area (Å²) in [5, 5.41) is 0.633. The van der Waals surface area contributed by atoms with E-state index < -0.39 is 29.6 Å². The first-order valence-electron chi connectivity index (χ1n) is 9.77. The van der Waals surface area contributed by atoms with Crippen LogP contribution in [0.4, 0.5) is 10.1 Å². The van der Waals surface area contributed by atoms with Gasteiger partial charge in [-0.1, -0.05) is 23.2 Å². The predicted octanol–water partition coefficient (Wildman–Crippen LogP) is 3.97. The molecule has 30 heavy (non-hydrogen) atoms. The highest BCUT2D eigenvalue weighted by Gasteiger charge is 2.64. The van der Waals surface area contributed by atoms with Crippen LogP contribution in [-0.2, 0) is 9.59 Å². The van der Waals surface area contributed by atoms with Crippen LogP contribution in [0.2, 0.25) is 10.0 Å². The standard InChI is InChI=1S/C22H17Cl2FN2O3/c23-11-3-8-14(15(24)10-11)20(28)19-18-17(16-2-1-9-26(16)19)21(29)27(22(18)30)13-6-4-12(25)5-7-13/h3-8,10,16-19H,1-2,9H2. The molecule has 0 radical (unpaired) electrons. The van der Waals surface area contributed by atoms with Crippen LogP contribution in [-0.4, -0.2) is 41.1 Å². The maximum Gasteiger partial charge on any atom is 0.239 e. The van der Waals surface area contributed by atoms with Gasteiger partial charge in [-0.15, -0.1) is 0 Å². The van der Waals surface area contributed by atoms with Crippen LogP contribution in [0.25, 0.3) is 0 Å². The highest BCUT2D eigenvalue weighted by Crippen LogP contribution is 2.48. The number of fused-ring (bicyclic) bond motifs is 3. The molecule has 0 bridgehead atoms. The van der Waals surface area contributed by atoms with Crippen molar-refractivity contribution in [2.75, 3.05) is 11.4 Å².